The molecular formula is C52H54F2N8O7S2. The minimum atomic E-state index is -1.21. The van der Waals surface area contributed by atoms with Gasteiger partial charge in [0.1, 0.15) is 34.3 Å². The monoisotopic (exact) mass is 1000 g/mol. The molecule has 6 aromatic rings. The number of nitrogens with one attached hydrogen (secondary N) is 4. The maximum atomic E-state index is 13.9. The topological polar surface area (TPSA) is 203 Å². The molecule has 2 saturated carbocycles. The predicted molar refractivity (Wildman–Crippen MR) is 264 cm³/mol. The Morgan fingerprint density at radius 3 is 1.51 bits per heavy atom. The molecule has 0 spiro atoms. The van der Waals surface area contributed by atoms with E-state index in [0.29, 0.717) is 80.9 Å². The van der Waals surface area contributed by atoms with Crippen LogP contribution in [0.5, 0.6) is 23.3 Å². The number of hydrogen-bond acceptors (Lipinski definition) is 12. The maximum Gasteiger partial charge on any atom is 0.257 e. The predicted octanol–water partition coefficient (Wildman–Crippen LogP) is 8.49. The Balaban J connectivity index is 0.000000209. The quantitative estimate of drug-likeness (QED) is 0.0675. The molecule has 71 heavy (non-hydrogen) atoms. The van der Waals surface area contributed by atoms with Gasteiger partial charge in [0.25, 0.3) is 11.8 Å². The minimum absolute atomic E-state index is 0.00193. The smallest absolute Gasteiger partial charge is 0.257 e. The summed E-state index contributed by atoms with van der Waals surface area (Å²) in [4.78, 5) is 69.0. The lowest BCUT2D eigenvalue weighted by molar-refractivity contribution is -0.127. The normalized spacial score (nSPS) is 17.8. The van der Waals surface area contributed by atoms with E-state index in [-0.39, 0.29) is 58.6 Å². The number of nitrogens with zero attached hydrogens (tertiary/aromatic N) is 4. The van der Waals surface area contributed by atoms with Crippen molar-refractivity contribution < 1.29 is 41.6 Å². The highest BCUT2D eigenvalue weighted by molar-refractivity contribution is 7.98. The zero-order valence-electron chi connectivity index (χ0n) is 39.1. The molecule has 1 atom stereocenters. The van der Waals surface area contributed by atoms with Gasteiger partial charge in [0.05, 0.1) is 36.9 Å². The number of thioether (sulfide) groups is 1. The average molecular weight is 1010 g/mol. The molecule has 19 heteroatoms. The first-order valence-electron chi connectivity index (χ1n) is 23.1. The van der Waals surface area contributed by atoms with E-state index in [4.69, 9.17) is 9.47 Å². The fraction of sp³-hybridized carbons (Fsp3) is 0.308. The van der Waals surface area contributed by atoms with E-state index >= 15 is 0 Å². The van der Waals surface area contributed by atoms with E-state index in [1.54, 1.807) is 60.7 Å². The van der Waals surface area contributed by atoms with Gasteiger partial charge in [0, 0.05) is 63.2 Å². The molecule has 2 aliphatic rings. The van der Waals surface area contributed by atoms with Crippen molar-refractivity contribution in [2.24, 2.45) is 11.8 Å². The van der Waals surface area contributed by atoms with Gasteiger partial charge in [-0.2, -0.15) is 0 Å². The standard InChI is InChI=1S/C26H27FN4O4S.C26H27FN4O3S/c1-36(34)22-7-4-6-21(14-22)35-26-23(13-18(27)15-30-26)25(33)31-19-10-8-17(9-11-19)24(32)29-16-20-5-2-3-12-28-20;1-35-22-7-4-6-21(14-22)34-26-23(13-18(27)15-30-26)25(33)31-19-10-8-17(9-11-19)24(32)29-16-20-5-2-3-12-28-20/h2-7,12-15,17,19H,8-11,16H2,1H3,(H,29,32)(H,31,33);2-7,12-15,17,19H,8-11,16H2,1H3,(H,29,32)(H,31,33). The van der Waals surface area contributed by atoms with Gasteiger partial charge >= 0.3 is 0 Å². The van der Waals surface area contributed by atoms with E-state index in [1.165, 1.54) is 0 Å². The van der Waals surface area contributed by atoms with Crippen molar-refractivity contribution in [3.63, 3.8) is 0 Å². The van der Waals surface area contributed by atoms with E-state index in [0.717, 1.165) is 40.8 Å². The maximum absolute atomic E-state index is 13.9. The van der Waals surface area contributed by atoms with Crippen molar-refractivity contribution in [2.45, 2.75) is 86.3 Å². The van der Waals surface area contributed by atoms with Crippen LogP contribution in [-0.2, 0) is 33.5 Å². The van der Waals surface area contributed by atoms with Crippen molar-refractivity contribution >= 4 is 46.2 Å². The number of aromatic nitrogens is 4. The summed E-state index contributed by atoms with van der Waals surface area (Å²) >= 11 is 1.56. The van der Waals surface area contributed by atoms with Gasteiger partial charge in [-0.1, -0.05) is 24.3 Å². The molecule has 0 bridgehead atoms. The summed E-state index contributed by atoms with van der Waals surface area (Å²) < 4.78 is 51.2. The lowest BCUT2D eigenvalue weighted by atomic mass is 9.85. The summed E-state index contributed by atoms with van der Waals surface area (Å²) in [6.07, 6.45) is 14.0. The number of amides is 4. The van der Waals surface area contributed by atoms with Crippen LogP contribution >= 0.6 is 11.8 Å². The van der Waals surface area contributed by atoms with E-state index in [9.17, 15) is 32.2 Å². The summed E-state index contributed by atoms with van der Waals surface area (Å²) in [5.41, 5.74) is 1.61. The number of carbonyl (C=O) groups is 4. The lowest BCUT2D eigenvalue weighted by Crippen LogP contribution is -2.41. The number of benzene rings is 2. The van der Waals surface area contributed by atoms with Crippen LogP contribution in [0.3, 0.4) is 0 Å². The number of rotatable bonds is 16. The van der Waals surface area contributed by atoms with Crippen LogP contribution in [-0.4, -0.2) is 72.4 Å². The molecule has 0 saturated heterocycles. The van der Waals surface area contributed by atoms with Gasteiger partial charge in [0.2, 0.25) is 23.6 Å². The summed E-state index contributed by atoms with van der Waals surface area (Å²) in [6.45, 7) is 0.772. The van der Waals surface area contributed by atoms with Gasteiger partial charge in [-0.25, -0.2) is 18.7 Å². The highest BCUT2D eigenvalue weighted by atomic mass is 32.2. The van der Waals surface area contributed by atoms with Crippen molar-refractivity contribution in [2.75, 3.05) is 12.5 Å². The zero-order chi connectivity index (χ0) is 50.1. The number of carbonyl (C=O) groups excluding carboxylic acids is 4. The Morgan fingerprint density at radius 1 is 0.606 bits per heavy atom. The summed E-state index contributed by atoms with van der Waals surface area (Å²) in [6, 6.07) is 27.1. The Labute approximate surface area is 417 Å². The SMILES string of the molecule is CS(=O)c1cccc(Oc2ncc(F)cc2C(=O)NC2CCC(C(=O)NCc3ccccn3)CC2)c1.CSc1cccc(Oc2ncc(F)cc2C(=O)NC2CCC(C(=O)NCc3ccccn3)CC2)c1. The molecule has 2 aromatic carbocycles. The second kappa shape index (κ2) is 25.7. The zero-order valence-corrected chi connectivity index (χ0v) is 40.8. The third-order valence-electron chi connectivity index (χ3n) is 11.9. The first-order valence-corrected chi connectivity index (χ1v) is 25.9. The Kier molecular flexibility index (Phi) is 18.7. The second-order valence-corrected chi connectivity index (χ2v) is 19.2. The van der Waals surface area contributed by atoms with Gasteiger partial charge in [-0.3, -0.25) is 33.4 Å². The number of ether oxygens (including phenoxy) is 2. The van der Waals surface area contributed by atoms with Gasteiger partial charge < -0.3 is 30.7 Å². The molecule has 4 amide bonds. The summed E-state index contributed by atoms with van der Waals surface area (Å²) in [5, 5.41) is 11.7. The Morgan fingerprint density at radius 2 is 1.07 bits per heavy atom. The van der Waals surface area contributed by atoms with Crippen LogP contribution in [0.2, 0.25) is 0 Å². The van der Waals surface area contributed by atoms with Crippen molar-refractivity contribution in [1.29, 1.82) is 0 Å². The highest BCUT2D eigenvalue weighted by Gasteiger charge is 2.30. The molecule has 0 radical (unpaired) electrons. The largest absolute Gasteiger partial charge is 0.438 e. The number of pyridine rings is 4. The summed E-state index contributed by atoms with van der Waals surface area (Å²) in [7, 11) is -1.21. The molecule has 15 nitrogen and oxygen atoms in total. The Bertz CT molecular complexity index is 2800. The molecule has 2 fully saturated rings. The molecular weight excluding hydrogens is 951 g/mol. The van der Waals surface area contributed by atoms with Crippen LogP contribution in [0, 0.1) is 23.5 Å². The van der Waals surface area contributed by atoms with Crippen molar-refractivity contribution in [3.05, 3.63) is 156 Å². The fourth-order valence-corrected chi connectivity index (χ4v) is 9.12. The highest BCUT2D eigenvalue weighted by Crippen LogP contribution is 2.31. The van der Waals surface area contributed by atoms with Crippen LogP contribution in [0.4, 0.5) is 8.78 Å². The summed E-state index contributed by atoms with van der Waals surface area (Å²) in [5.74, 6) is -1.64. The third-order valence-corrected chi connectivity index (χ3v) is 13.6. The molecule has 4 heterocycles. The van der Waals surface area contributed by atoms with E-state index in [2.05, 4.69) is 41.2 Å². The second-order valence-electron chi connectivity index (χ2n) is 16.9. The first kappa shape index (κ1) is 51.7. The van der Waals surface area contributed by atoms with Crippen molar-refractivity contribution in [1.82, 2.24) is 41.2 Å². The average Bonchev–Trinajstić information content (AvgIpc) is 3.39. The van der Waals surface area contributed by atoms with Gasteiger partial charge in [-0.05, 0) is 130 Å². The van der Waals surface area contributed by atoms with Crippen LogP contribution < -0.4 is 30.7 Å². The molecule has 1 unspecified atom stereocenters. The molecule has 8 rings (SSSR count). The fourth-order valence-electron chi connectivity index (χ4n) is 8.12. The van der Waals surface area contributed by atoms with Crippen LogP contribution in [0.1, 0.15) is 83.5 Å². The molecule has 2 aliphatic carbocycles. The minimum Gasteiger partial charge on any atom is -0.438 e. The molecule has 4 N–H and O–H groups in total. The van der Waals surface area contributed by atoms with Crippen LogP contribution in [0.15, 0.2) is 132 Å². The number of hydrogen-bond donors (Lipinski definition) is 4. The molecule has 4 aromatic heterocycles. The Hall–Kier alpha value is -7.12. The van der Waals surface area contributed by atoms with E-state index in [1.807, 2.05) is 60.9 Å². The van der Waals surface area contributed by atoms with Gasteiger partial charge in [0.15, 0.2) is 0 Å². The number of halogens is 2. The van der Waals surface area contributed by atoms with Crippen molar-refractivity contribution in [3.8, 4) is 23.3 Å². The van der Waals surface area contributed by atoms with Crippen LogP contribution in [0.25, 0.3) is 0 Å². The van der Waals surface area contributed by atoms with Gasteiger partial charge in [-0.15, -0.1) is 11.8 Å². The third kappa shape index (κ3) is 15.4. The lowest BCUT2D eigenvalue weighted by Gasteiger charge is -2.28. The molecule has 370 valence electrons. The molecule has 0 aliphatic heterocycles. The van der Waals surface area contributed by atoms with E-state index < -0.39 is 34.2 Å². The first-order chi connectivity index (χ1) is 34.4.